The zero-order valence-electron chi connectivity index (χ0n) is 27.6. The van der Waals surface area contributed by atoms with Crippen molar-refractivity contribution in [1.29, 1.82) is 0 Å². The topological polar surface area (TPSA) is 44.8 Å². The van der Waals surface area contributed by atoms with Crippen LogP contribution in [-0.4, -0.2) is 31.9 Å². The Bertz CT molecular complexity index is 1390. The number of ether oxygens (including phenoxy) is 3. The lowest BCUT2D eigenvalue weighted by Crippen LogP contribution is -2.21. The molecule has 0 radical (unpaired) electrons. The zero-order chi connectivity index (χ0) is 32.6. The molecule has 0 saturated heterocycles. The van der Waals surface area contributed by atoms with Crippen molar-refractivity contribution >= 4 is 12.0 Å². The molecule has 0 bridgehead atoms. The Morgan fingerprint density at radius 3 is 2.17 bits per heavy atom. The molecule has 3 aromatic carbocycles. The second-order valence-corrected chi connectivity index (χ2v) is 12.4. The van der Waals surface area contributed by atoms with Gasteiger partial charge >= 0.3 is 5.97 Å². The van der Waals surface area contributed by atoms with E-state index >= 15 is 0 Å². The van der Waals surface area contributed by atoms with Gasteiger partial charge in [0.2, 0.25) is 0 Å². The van der Waals surface area contributed by atoms with Crippen molar-refractivity contribution in [2.24, 2.45) is 0 Å². The fourth-order valence-electron chi connectivity index (χ4n) is 6.30. The van der Waals surface area contributed by atoms with Crippen LogP contribution >= 0.6 is 0 Å². The normalized spacial score (nSPS) is 16.4. The average molecular weight is 627 g/mol. The van der Waals surface area contributed by atoms with Crippen LogP contribution in [0.2, 0.25) is 0 Å². The molecule has 0 unspecified atom stereocenters. The van der Waals surface area contributed by atoms with Gasteiger partial charge in [-0.25, -0.2) is 9.18 Å². The minimum absolute atomic E-state index is 0.167. The van der Waals surface area contributed by atoms with Gasteiger partial charge in [0.05, 0.1) is 19.3 Å². The highest BCUT2D eigenvalue weighted by molar-refractivity contribution is 5.81. The molecule has 0 spiro atoms. The Morgan fingerprint density at radius 1 is 0.804 bits per heavy atom. The molecule has 0 heterocycles. The van der Waals surface area contributed by atoms with Crippen molar-refractivity contribution in [3.63, 3.8) is 0 Å². The Kier molecular flexibility index (Phi) is 14.6. The number of carbonyl (C=O) groups is 1. The van der Waals surface area contributed by atoms with Gasteiger partial charge in [-0.3, -0.25) is 0 Å². The largest absolute Gasteiger partial charge is 0.494 e. The van der Waals surface area contributed by atoms with Gasteiger partial charge < -0.3 is 14.2 Å². The van der Waals surface area contributed by atoms with Crippen molar-refractivity contribution in [2.75, 3.05) is 19.8 Å². The highest BCUT2D eigenvalue weighted by Gasteiger charge is 2.23. The summed E-state index contributed by atoms with van der Waals surface area (Å²) in [4.78, 5) is 10.9. The molecule has 2 aliphatic rings. The van der Waals surface area contributed by atoms with Gasteiger partial charge in [-0.2, -0.15) is 0 Å². The summed E-state index contributed by atoms with van der Waals surface area (Å²) in [7, 11) is 0. The number of hydrogen-bond donors (Lipinski definition) is 0. The van der Waals surface area contributed by atoms with Crippen molar-refractivity contribution in [2.45, 2.75) is 96.0 Å². The summed E-state index contributed by atoms with van der Waals surface area (Å²) in [6.07, 6.45) is 16.5. The lowest BCUT2D eigenvalue weighted by molar-refractivity contribution is -0.137. The van der Waals surface area contributed by atoms with Crippen molar-refractivity contribution in [3.8, 4) is 16.9 Å². The van der Waals surface area contributed by atoms with Gasteiger partial charge in [-0.15, -0.1) is 0 Å². The summed E-state index contributed by atoms with van der Waals surface area (Å²) in [6.45, 7) is 11.5. The molecule has 5 rings (SSSR count). The van der Waals surface area contributed by atoms with Gasteiger partial charge in [-0.05, 0) is 121 Å². The number of esters is 1. The van der Waals surface area contributed by atoms with E-state index in [9.17, 15) is 9.18 Å². The number of hydrogen-bond acceptors (Lipinski definition) is 4. The molecule has 0 aromatic heterocycles. The van der Waals surface area contributed by atoms with E-state index in [1.54, 1.807) is 12.1 Å². The first-order chi connectivity index (χ1) is 22.5. The Labute approximate surface area is 275 Å². The smallest absolute Gasteiger partial charge is 0.330 e. The molecule has 4 nitrogen and oxygen atoms in total. The first-order valence-corrected chi connectivity index (χ1v) is 17.2. The maximum atomic E-state index is 13.0. The molecule has 5 heteroatoms. The number of halogens is 1. The Hall–Kier alpha value is -3.70. The van der Waals surface area contributed by atoms with E-state index in [1.807, 2.05) is 18.2 Å². The summed E-state index contributed by atoms with van der Waals surface area (Å²) < 4.78 is 29.8. The van der Waals surface area contributed by atoms with Crippen LogP contribution < -0.4 is 4.74 Å². The monoisotopic (exact) mass is 626 g/mol. The summed E-state index contributed by atoms with van der Waals surface area (Å²) in [5.74, 6) is 1.03. The highest BCUT2D eigenvalue weighted by Crippen LogP contribution is 2.39. The SMILES string of the molecule is C=CC(=O)OCCCCCCOC1CCC(c2ccc(F)cc2)CC1.C=Cc1ccc2c(c1)Cc1cc(OCCCCC)ccc1-2. The van der Waals surface area contributed by atoms with E-state index in [-0.39, 0.29) is 11.8 Å². The van der Waals surface area contributed by atoms with E-state index in [1.165, 1.54) is 52.3 Å². The van der Waals surface area contributed by atoms with Crippen LogP contribution in [0, 0.1) is 5.82 Å². The zero-order valence-corrected chi connectivity index (χ0v) is 27.6. The van der Waals surface area contributed by atoms with Crippen molar-refractivity contribution < 1.29 is 23.4 Å². The summed E-state index contributed by atoms with van der Waals surface area (Å²) in [5.41, 5.74) is 7.91. The third-order valence-corrected chi connectivity index (χ3v) is 8.95. The van der Waals surface area contributed by atoms with E-state index in [0.29, 0.717) is 18.6 Å². The van der Waals surface area contributed by atoms with Crippen LogP contribution in [0.3, 0.4) is 0 Å². The lowest BCUT2D eigenvalue weighted by atomic mass is 9.83. The fourth-order valence-corrected chi connectivity index (χ4v) is 6.30. The first-order valence-electron chi connectivity index (χ1n) is 17.2. The minimum atomic E-state index is -0.348. The number of fused-ring (bicyclic) bond motifs is 3. The Balaban J connectivity index is 0.000000211. The standard InChI is InChI=1S/C21H29FO3.C20H22O/c1-2-21(23)25-16-6-4-3-5-15-24-20-13-9-18(10-14-20)17-7-11-19(22)12-8-17;1-3-5-6-11-21-18-8-10-20-17(14-18)13-16-12-15(4-2)7-9-19(16)20/h2,7-8,11-12,18,20H,1,3-6,9-10,13-16H2;4,7-10,12,14H,2-3,5-6,11,13H2,1H3. The van der Waals surface area contributed by atoms with Gasteiger partial charge in [-0.1, -0.05) is 81.8 Å². The van der Waals surface area contributed by atoms with Crippen molar-refractivity contribution in [3.05, 3.63) is 108 Å². The summed E-state index contributed by atoms with van der Waals surface area (Å²) in [5, 5.41) is 0. The Morgan fingerprint density at radius 2 is 1.48 bits per heavy atom. The van der Waals surface area contributed by atoms with E-state index in [0.717, 1.165) is 83.2 Å². The number of carbonyl (C=O) groups excluding carboxylic acids is 1. The molecular formula is C41H51FO4. The van der Waals surface area contributed by atoms with Crippen LogP contribution in [0.1, 0.15) is 106 Å². The molecule has 3 aromatic rings. The molecule has 46 heavy (non-hydrogen) atoms. The highest BCUT2D eigenvalue weighted by atomic mass is 19.1. The van der Waals surface area contributed by atoms with Crippen LogP contribution in [0.15, 0.2) is 79.9 Å². The lowest BCUT2D eigenvalue weighted by Gasteiger charge is -2.29. The third kappa shape index (κ3) is 11.0. The molecule has 0 aliphatic heterocycles. The van der Waals surface area contributed by atoms with E-state index in [4.69, 9.17) is 14.2 Å². The van der Waals surface area contributed by atoms with Crippen LogP contribution in [0.5, 0.6) is 5.75 Å². The van der Waals surface area contributed by atoms with Gasteiger partial charge in [0.15, 0.2) is 0 Å². The van der Waals surface area contributed by atoms with E-state index in [2.05, 4.69) is 56.5 Å². The molecule has 1 saturated carbocycles. The van der Waals surface area contributed by atoms with Gasteiger partial charge in [0.1, 0.15) is 11.6 Å². The van der Waals surface area contributed by atoms with Crippen LogP contribution in [0.25, 0.3) is 17.2 Å². The second-order valence-electron chi connectivity index (χ2n) is 12.4. The molecule has 2 aliphatic carbocycles. The number of rotatable bonds is 16. The molecule has 246 valence electrons. The van der Waals surface area contributed by atoms with Crippen LogP contribution in [0.4, 0.5) is 4.39 Å². The third-order valence-electron chi connectivity index (χ3n) is 8.95. The average Bonchev–Trinajstić information content (AvgIpc) is 3.45. The molecule has 0 N–H and O–H groups in total. The molecular weight excluding hydrogens is 575 g/mol. The molecule has 0 amide bonds. The molecule has 1 fully saturated rings. The van der Waals surface area contributed by atoms with Gasteiger partial charge in [0.25, 0.3) is 0 Å². The van der Waals surface area contributed by atoms with E-state index < -0.39 is 0 Å². The first kappa shape index (κ1) is 35.2. The maximum absolute atomic E-state index is 13.0. The minimum Gasteiger partial charge on any atom is -0.494 e. The fraction of sp³-hybridized carbons (Fsp3) is 0.439. The van der Waals surface area contributed by atoms with Crippen molar-refractivity contribution in [1.82, 2.24) is 0 Å². The van der Waals surface area contributed by atoms with Gasteiger partial charge in [0, 0.05) is 12.7 Å². The second kappa shape index (κ2) is 19.1. The predicted molar refractivity (Wildman–Crippen MR) is 187 cm³/mol. The van der Waals surface area contributed by atoms with Crippen LogP contribution in [-0.2, 0) is 20.7 Å². The number of unbranched alkanes of at least 4 members (excludes halogenated alkanes) is 5. The molecule has 0 atom stereocenters. The quantitative estimate of drug-likeness (QED) is 0.0705. The summed E-state index contributed by atoms with van der Waals surface area (Å²) in [6, 6.07) is 20.0. The maximum Gasteiger partial charge on any atom is 0.330 e. The number of benzene rings is 3. The predicted octanol–water partition coefficient (Wildman–Crippen LogP) is 10.6. The summed E-state index contributed by atoms with van der Waals surface area (Å²) >= 11 is 0.